The Kier molecular flexibility index (Phi) is 3.42. The summed E-state index contributed by atoms with van der Waals surface area (Å²) < 4.78 is 0. The number of hydrogen-bond donors (Lipinski definition) is 1. The van der Waals surface area contributed by atoms with Crippen LogP contribution in [0.2, 0.25) is 0 Å². The van der Waals surface area contributed by atoms with Gasteiger partial charge in [-0.05, 0) is 92.2 Å². The first kappa shape index (κ1) is 13.3. The first-order valence-electron chi connectivity index (χ1n) is 8.53. The highest BCUT2D eigenvalue weighted by Crippen LogP contribution is 2.59. The zero-order chi connectivity index (χ0) is 13.7. The molecule has 1 nitrogen and oxygen atoms in total. The second kappa shape index (κ2) is 5.14. The quantitative estimate of drug-likeness (QED) is 0.841. The molecule has 5 rings (SSSR count). The summed E-state index contributed by atoms with van der Waals surface area (Å²) in [5.41, 5.74) is 1.58. The van der Waals surface area contributed by atoms with Crippen molar-refractivity contribution < 1.29 is 0 Å². The standard InChI is InChI=1S/C18H27NS/c1-3-19-18(16-4-11(2)20-10-16)17-14-6-12-5-13(8-14)9-15(17)7-12/h4,10,12-15,17-19H,3,5-9H2,1-2H3. The molecule has 4 aliphatic carbocycles. The molecular weight excluding hydrogens is 262 g/mol. The number of thiophene rings is 1. The van der Waals surface area contributed by atoms with E-state index < -0.39 is 0 Å². The highest BCUT2D eigenvalue weighted by atomic mass is 32.1. The Labute approximate surface area is 127 Å². The Morgan fingerprint density at radius 2 is 1.80 bits per heavy atom. The second-order valence-corrected chi connectivity index (χ2v) is 8.65. The predicted octanol–water partition coefficient (Wildman–Crippen LogP) is 4.78. The smallest absolute Gasteiger partial charge is 0.0362 e. The van der Waals surface area contributed by atoms with Gasteiger partial charge >= 0.3 is 0 Å². The van der Waals surface area contributed by atoms with E-state index in [1.54, 1.807) is 12.0 Å². The summed E-state index contributed by atoms with van der Waals surface area (Å²) in [6.45, 7) is 5.61. The minimum absolute atomic E-state index is 0.625. The minimum Gasteiger partial charge on any atom is -0.310 e. The van der Waals surface area contributed by atoms with Crippen LogP contribution in [-0.2, 0) is 0 Å². The molecule has 1 unspecified atom stereocenters. The number of nitrogens with one attached hydrogen (secondary N) is 1. The van der Waals surface area contributed by atoms with Gasteiger partial charge in [0.05, 0.1) is 0 Å². The Balaban J connectivity index is 1.63. The van der Waals surface area contributed by atoms with Crippen LogP contribution in [0.5, 0.6) is 0 Å². The van der Waals surface area contributed by atoms with E-state index in [0.717, 1.165) is 36.1 Å². The molecule has 0 saturated heterocycles. The molecular formula is C18H27NS. The lowest BCUT2D eigenvalue weighted by Crippen LogP contribution is -2.49. The van der Waals surface area contributed by atoms with E-state index in [0.29, 0.717) is 6.04 Å². The molecule has 1 N–H and O–H groups in total. The zero-order valence-corrected chi connectivity index (χ0v) is 13.6. The van der Waals surface area contributed by atoms with Gasteiger partial charge in [0.1, 0.15) is 0 Å². The number of rotatable bonds is 4. The molecule has 4 bridgehead atoms. The van der Waals surface area contributed by atoms with Gasteiger partial charge < -0.3 is 5.32 Å². The molecule has 0 radical (unpaired) electrons. The van der Waals surface area contributed by atoms with Gasteiger partial charge in [0.2, 0.25) is 0 Å². The first-order valence-corrected chi connectivity index (χ1v) is 9.41. The molecule has 1 atom stereocenters. The molecule has 110 valence electrons. The summed E-state index contributed by atoms with van der Waals surface area (Å²) in [6.07, 6.45) is 7.68. The van der Waals surface area contributed by atoms with Crippen molar-refractivity contribution in [2.24, 2.45) is 29.6 Å². The average Bonchev–Trinajstić information content (AvgIpc) is 2.83. The average molecular weight is 289 g/mol. The van der Waals surface area contributed by atoms with Crippen molar-refractivity contribution in [3.8, 4) is 0 Å². The van der Waals surface area contributed by atoms with Crippen LogP contribution in [0.15, 0.2) is 11.4 Å². The van der Waals surface area contributed by atoms with E-state index in [2.05, 4.69) is 30.6 Å². The largest absolute Gasteiger partial charge is 0.310 e. The third-order valence-electron chi connectivity index (χ3n) is 6.22. The highest BCUT2D eigenvalue weighted by molar-refractivity contribution is 7.10. The molecule has 0 spiro atoms. The van der Waals surface area contributed by atoms with Crippen molar-refractivity contribution in [1.82, 2.24) is 5.32 Å². The van der Waals surface area contributed by atoms with Gasteiger partial charge in [-0.3, -0.25) is 0 Å². The van der Waals surface area contributed by atoms with E-state index in [-0.39, 0.29) is 0 Å². The maximum atomic E-state index is 3.85. The molecule has 20 heavy (non-hydrogen) atoms. The fourth-order valence-corrected chi connectivity index (χ4v) is 6.58. The van der Waals surface area contributed by atoms with Crippen LogP contribution < -0.4 is 5.32 Å². The van der Waals surface area contributed by atoms with Gasteiger partial charge in [0, 0.05) is 10.9 Å². The van der Waals surface area contributed by atoms with Crippen molar-refractivity contribution in [2.45, 2.75) is 52.0 Å². The lowest BCUT2D eigenvalue weighted by atomic mass is 9.50. The Morgan fingerprint density at radius 3 is 2.30 bits per heavy atom. The van der Waals surface area contributed by atoms with Crippen molar-refractivity contribution in [2.75, 3.05) is 6.54 Å². The normalized spacial score (nSPS) is 40.2. The summed E-state index contributed by atoms with van der Waals surface area (Å²) in [5.74, 6) is 5.10. The molecule has 4 saturated carbocycles. The Morgan fingerprint density at radius 1 is 1.15 bits per heavy atom. The van der Waals surface area contributed by atoms with Crippen molar-refractivity contribution >= 4 is 11.3 Å². The van der Waals surface area contributed by atoms with E-state index in [4.69, 9.17) is 0 Å². The van der Waals surface area contributed by atoms with Gasteiger partial charge in [-0.2, -0.15) is 0 Å². The van der Waals surface area contributed by atoms with Gasteiger partial charge in [0.15, 0.2) is 0 Å². The van der Waals surface area contributed by atoms with Crippen molar-refractivity contribution in [3.05, 3.63) is 21.9 Å². The molecule has 4 aliphatic rings. The third-order valence-corrected chi connectivity index (χ3v) is 7.10. The van der Waals surface area contributed by atoms with Gasteiger partial charge in [-0.25, -0.2) is 0 Å². The van der Waals surface area contributed by atoms with Crippen LogP contribution in [-0.4, -0.2) is 6.54 Å². The number of hydrogen-bond acceptors (Lipinski definition) is 2. The van der Waals surface area contributed by atoms with Gasteiger partial charge in [-0.1, -0.05) is 6.92 Å². The summed E-state index contributed by atoms with van der Waals surface area (Å²) in [7, 11) is 0. The molecule has 1 aromatic rings. The van der Waals surface area contributed by atoms with E-state index in [1.807, 2.05) is 11.3 Å². The van der Waals surface area contributed by atoms with E-state index in [9.17, 15) is 0 Å². The van der Waals surface area contributed by atoms with Crippen LogP contribution in [0.25, 0.3) is 0 Å². The van der Waals surface area contributed by atoms with Crippen LogP contribution in [0, 0.1) is 36.5 Å². The zero-order valence-electron chi connectivity index (χ0n) is 12.8. The summed E-state index contributed by atoms with van der Waals surface area (Å²) in [6, 6.07) is 3.06. The Bertz CT molecular complexity index is 450. The first-order chi connectivity index (χ1) is 9.74. The summed E-state index contributed by atoms with van der Waals surface area (Å²) >= 11 is 1.92. The maximum absolute atomic E-state index is 3.85. The lowest BCUT2D eigenvalue weighted by molar-refractivity contribution is -0.0522. The van der Waals surface area contributed by atoms with Crippen molar-refractivity contribution in [3.63, 3.8) is 0 Å². The van der Waals surface area contributed by atoms with E-state index in [1.165, 1.54) is 30.6 Å². The van der Waals surface area contributed by atoms with Crippen LogP contribution in [0.3, 0.4) is 0 Å². The summed E-state index contributed by atoms with van der Waals surface area (Å²) in [4.78, 5) is 1.46. The van der Waals surface area contributed by atoms with Crippen LogP contribution in [0.1, 0.15) is 55.5 Å². The SMILES string of the molecule is CCNC(c1csc(C)c1)C1C2CC3CC(C2)CC1C3. The van der Waals surface area contributed by atoms with E-state index >= 15 is 0 Å². The van der Waals surface area contributed by atoms with Crippen LogP contribution in [0.4, 0.5) is 0 Å². The molecule has 0 aliphatic heterocycles. The highest BCUT2D eigenvalue weighted by Gasteiger charge is 2.50. The van der Waals surface area contributed by atoms with Crippen molar-refractivity contribution in [1.29, 1.82) is 0 Å². The molecule has 1 aromatic heterocycles. The fraction of sp³-hybridized carbons (Fsp3) is 0.778. The predicted molar refractivity (Wildman–Crippen MR) is 86.0 cm³/mol. The molecule has 2 heteroatoms. The number of aryl methyl sites for hydroxylation is 1. The molecule has 4 fully saturated rings. The Hall–Kier alpha value is -0.340. The third kappa shape index (κ3) is 2.16. The lowest BCUT2D eigenvalue weighted by Gasteiger charge is -2.56. The van der Waals surface area contributed by atoms with Gasteiger partial charge in [-0.15, -0.1) is 11.3 Å². The topological polar surface area (TPSA) is 12.0 Å². The molecule has 1 heterocycles. The monoisotopic (exact) mass is 289 g/mol. The molecule has 0 amide bonds. The van der Waals surface area contributed by atoms with Crippen LogP contribution >= 0.6 is 11.3 Å². The minimum atomic E-state index is 0.625. The van der Waals surface area contributed by atoms with Gasteiger partial charge in [0.25, 0.3) is 0 Å². The summed E-state index contributed by atoms with van der Waals surface area (Å²) in [5, 5.41) is 6.26. The maximum Gasteiger partial charge on any atom is 0.0362 e. The molecule has 0 aromatic carbocycles. The second-order valence-electron chi connectivity index (χ2n) is 7.53. The fourth-order valence-electron chi connectivity index (χ4n) is 5.83.